The van der Waals surface area contributed by atoms with E-state index in [4.69, 9.17) is 0 Å². The first-order valence-electron chi connectivity index (χ1n) is 1.33. The molecule has 7 heavy (non-hydrogen) atoms. The summed E-state index contributed by atoms with van der Waals surface area (Å²) in [5.41, 5.74) is 0. The lowest BCUT2D eigenvalue weighted by molar-refractivity contribution is -0.0811. The van der Waals surface area contributed by atoms with Crippen LogP contribution in [0.3, 0.4) is 0 Å². The Hall–Kier alpha value is -0.540. The topological polar surface area (TPSA) is 0 Å². The molecule has 0 N–H and O–H groups in total. The first-order chi connectivity index (χ1) is 3.06. The molecule has 0 aromatic heterocycles. The summed E-state index contributed by atoms with van der Waals surface area (Å²) in [5.74, 6) is 0. The van der Waals surface area contributed by atoms with E-state index < -0.39 is 12.3 Å². The highest BCUT2D eigenvalue weighted by Crippen LogP contribution is 2.15. The second-order valence-electron chi connectivity index (χ2n) is 0.795. The highest BCUT2D eigenvalue weighted by molar-refractivity contribution is 4.75. The van der Waals surface area contributed by atoms with Gasteiger partial charge >= 0.3 is 6.18 Å². The third kappa shape index (κ3) is 5.46. The summed E-state index contributed by atoms with van der Waals surface area (Å²) in [7, 11) is 0. The quantitative estimate of drug-likeness (QED) is 0.420. The summed E-state index contributed by atoms with van der Waals surface area (Å²) in [6, 6.07) is 0. The van der Waals surface area contributed by atoms with Gasteiger partial charge in [-0.2, -0.15) is 13.2 Å². The van der Waals surface area contributed by atoms with Gasteiger partial charge in [-0.15, -0.1) is 0 Å². The van der Waals surface area contributed by atoms with Gasteiger partial charge in [0.2, 0.25) is 0 Å². The van der Waals surface area contributed by atoms with Crippen molar-refractivity contribution >= 4 is 0 Å². The SMILES string of the molecule is F/[C]=C/C(F)(F)F. The normalized spacial score (nSPS) is 13.1. The van der Waals surface area contributed by atoms with Crippen molar-refractivity contribution in [3.8, 4) is 0 Å². The molecule has 0 aromatic rings. The van der Waals surface area contributed by atoms with Crippen molar-refractivity contribution in [3.05, 3.63) is 12.4 Å². The van der Waals surface area contributed by atoms with Crippen molar-refractivity contribution in [1.29, 1.82) is 0 Å². The van der Waals surface area contributed by atoms with Crippen LogP contribution in [0.15, 0.2) is 6.08 Å². The third-order valence-corrected chi connectivity index (χ3v) is 0.218. The molecule has 0 amide bonds. The monoisotopic (exact) mass is 113 g/mol. The number of alkyl halides is 3. The van der Waals surface area contributed by atoms with E-state index >= 15 is 0 Å². The zero-order valence-electron chi connectivity index (χ0n) is 3.09. The van der Waals surface area contributed by atoms with Crippen LogP contribution in [0.2, 0.25) is 0 Å². The molecule has 0 nitrogen and oxygen atoms in total. The van der Waals surface area contributed by atoms with E-state index in [2.05, 4.69) is 0 Å². The highest BCUT2D eigenvalue weighted by atomic mass is 19.4. The van der Waals surface area contributed by atoms with Crippen molar-refractivity contribution in [2.75, 3.05) is 0 Å². The third-order valence-electron chi connectivity index (χ3n) is 0.218. The maximum absolute atomic E-state index is 10.7. The molecule has 4 heteroatoms. The Morgan fingerprint density at radius 3 is 1.71 bits per heavy atom. The Morgan fingerprint density at radius 1 is 1.29 bits per heavy atom. The molecular weight excluding hydrogens is 112 g/mol. The molecule has 0 fully saturated rings. The molecule has 0 saturated heterocycles. The van der Waals surface area contributed by atoms with Gasteiger partial charge in [0, 0.05) is 0 Å². The van der Waals surface area contributed by atoms with Gasteiger partial charge in [0.15, 0.2) is 6.33 Å². The number of hydrogen-bond donors (Lipinski definition) is 0. The first-order valence-corrected chi connectivity index (χ1v) is 1.33. The summed E-state index contributed by atoms with van der Waals surface area (Å²) in [4.78, 5) is 0. The first kappa shape index (κ1) is 6.46. The number of halogens is 4. The molecule has 0 unspecified atom stereocenters. The minimum absolute atomic E-state index is 0.358. The van der Waals surface area contributed by atoms with Gasteiger partial charge in [0.05, 0.1) is 6.08 Å². The fourth-order valence-electron chi connectivity index (χ4n) is 0.0619. The van der Waals surface area contributed by atoms with Crippen LogP contribution in [0, 0.1) is 6.33 Å². The van der Waals surface area contributed by atoms with Gasteiger partial charge in [-0.25, -0.2) is 4.39 Å². The molecule has 0 rings (SSSR count). The van der Waals surface area contributed by atoms with Crippen molar-refractivity contribution < 1.29 is 17.6 Å². The van der Waals surface area contributed by atoms with Gasteiger partial charge in [0.25, 0.3) is 0 Å². The maximum atomic E-state index is 10.7. The van der Waals surface area contributed by atoms with E-state index in [1.165, 1.54) is 0 Å². The molecule has 41 valence electrons. The molecule has 0 saturated carbocycles. The average molecular weight is 113 g/mol. The molecular formula is C3HF4. The van der Waals surface area contributed by atoms with Crippen LogP contribution in [-0.2, 0) is 0 Å². The Labute approximate surface area is 37.4 Å². The van der Waals surface area contributed by atoms with Gasteiger partial charge in [0.1, 0.15) is 0 Å². The Morgan fingerprint density at radius 2 is 1.71 bits per heavy atom. The van der Waals surface area contributed by atoms with Gasteiger partial charge in [-0.1, -0.05) is 0 Å². The van der Waals surface area contributed by atoms with Gasteiger partial charge in [-0.3, -0.25) is 0 Å². The second-order valence-corrected chi connectivity index (χ2v) is 0.795. The van der Waals surface area contributed by atoms with E-state index in [0.29, 0.717) is 6.33 Å². The van der Waals surface area contributed by atoms with E-state index in [0.717, 1.165) is 0 Å². The van der Waals surface area contributed by atoms with Crippen molar-refractivity contribution in [2.45, 2.75) is 6.18 Å². The van der Waals surface area contributed by atoms with Crippen LogP contribution in [0.4, 0.5) is 17.6 Å². The second kappa shape index (κ2) is 1.95. The Bertz CT molecular complexity index is 69.5. The van der Waals surface area contributed by atoms with Crippen molar-refractivity contribution in [2.24, 2.45) is 0 Å². The van der Waals surface area contributed by atoms with E-state index in [1.54, 1.807) is 0 Å². The maximum Gasteiger partial charge on any atom is 0.412 e. The van der Waals surface area contributed by atoms with Gasteiger partial charge < -0.3 is 0 Å². The van der Waals surface area contributed by atoms with Crippen LogP contribution in [0.5, 0.6) is 0 Å². The molecule has 0 aromatic carbocycles. The highest BCUT2D eigenvalue weighted by Gasteiger charge is 2.22. The molecule has 0 aliphatic heterocycles. The lowest BCUT2D eigenvalue weighted by Gasteiger charge is -1.91. The Kier molecular flexibility index (Phi) is 1.80. The molecule has 0 aliphatic rings. The fourth-order valence-corrected chi connectivity index (χ4v) is 0.0619. The summed E-state index contributed by atoms with van der Waals surface area (Å²) in [5, 5.41) is 0. The van der Waals surface area contributed by atoms with Crippen molar-refractivity contribution in [1.82, 2.24) is 0 Å². The molecule has 0 aliphatic carbocycles. The summed E-state index contributed by atoms with van der Waals surface area (Å²) in [6.45, 7) is 0. The van der Waals surface area contributed by atoms with Crippen LogP contribution in [0.25, 0.3) is 0 Å². The number of rotatable bonds is 0. The molecule has 0 bridgehead atoms. The minimum atomic E-state index is -4.56. The predicted molar refractivity (Wildman–Crippen MR) is 15.0 cm³/mol. The van der Waals surface area contributed by atoms with Gasteiger partial charge in [-0.05, 0) is 0 Å². The van der Waals surface area contributed by atoms with Crippen LogP contribution < -0.4 is 0 Å². The van der Waals surface area contributed by atoms with E-state index in [1.807, 2.05) is 0 Å². The van der Waals surface area contributed by atoms with Crippen molar-refractivity contribution in [3.63, 3.8) is 0 Å². The lowest BCUT2D eigenvalue weighted by atomic mass is 10.6. The summed E-state index contributed by atoms with van der Waals surface area (Å²) in [6.07, 6.45) is -4.81. The molecule has 0 spiro atoms. The smallest absolute Gasteiger partial charge is 0.204 e. The molecule has 1 radical (unpaired) electrons. The molecule has 0 atom stereocenters. The Balaban J connectivity index is 3.56. The largest absolute Gasteiger partial charge is 0.412 e. The fraction of sp³-hybridized carbons (Fsp3) is 0.333. The van der Waals surface area contributed by atoms with E-state index in [9.17, 15) is 17.6 Å². The lowest BCUT2D eigenvalue weighted by Crippen LogP contribution is -1.99. The average Bonchev–Trinajstić information content (AvgIpc) is 1.30. The standard InChI is InChI=1S/C3HF4/c4-2-1-3(5,6)7/h1H. The number of hydrogen-bond acceptors (Lipinski definition) is 0. The minimum Gasteiger partial charge on any atom is -0.204 e. The zero-order chi connectivity index (χ0) is 5.91. The summed E-state index contributed by atoms with van der Waals surface area (Å²) >= 11 is 0. The summed E-state index contributed by atoms with van der Waals surface area (Å²) < 4.78 is 42.6. The van der Waals surface area contributed by atoms with Crippen LogP contribution in [0.1, 0.15) is 0 Å². The van der Waals surface area contributed by atoms with Crippen LogP contribution >= 0.6 is 0 Å². The van der Waals surface area contributed by atoms with E-state index in [-0.39, 0.29) is 0 Å². The predicted octanol–water partition coefficient (Wildman–Crippen LogP) is 1.84. The van der Waals surface area contributed by atoms with Crippen LogP contribution in [-0.4, -0.2) is 6.18 Å². The molecule has 0 heterocycles. The number of allylic oxidation sites excluding steroid dienone is 1. The zero-order valence-corrected chi connectivity index (χ0v) is 3.09.